The van der Waals surface area contributed by atoms with E-state index in [2.05, 4.69) is 73.4 Å². The highest BCUT2D eigenvalue weighted by atomic mass is 16.1. The van der Waals surface area contributed by atoms with Gasteiger partial charge in [-0.15, -0.1) is 0 Å². The lowest BCUT2D eigenvalue weighted by atomic mass is 9.92. The summed E-state index contributed by atoms with van der Waals surface area (Å²) in [4.78, 5) is 21.4. The molecule has 2 N–H and O–H groups in total. The molecule has 5 nitrogen and oxygen atoms in total. The summed E-state index contributed by atoms with van der Waals surface area (Å²) in [5.41, 5.74) is 3.55. The van der Waals surface area contributed by atoms with Crippen LogP contribution < -0.4 is 10.6 Å². The van der Waals surface area contributed by atoms with Crippen molar-refractivity contribution >= 4 is 17.5 Å². The van der Waals surface area contributed by atoms with Gasteiger partial charge >= 0.3 is 0 Å². The molecule has 1 amide bonds. The summed E-state index contributed by atoms with van der Waals surface area (Å²) in [6, 6.07) is 7.85. The van der Waals surface area contributed by atoms with Crippen LogP contribution >= 0.6 is 0 Å². The lowest BCUT2D eigenvalue weighted by Gasteiger charge is -2.20. The van der Waals surface area contributed by atoms with Crippen LogP contribution in [0.1, 0.15) is 80.9 Å². The van der Waals surface area contributed by atoms with Gasteiger partial charge < -0.3 is 10.6 Å². The maximum Gasteiger partial charge on any atom is 0.274 e. The summed E-state index contributed by atoms with van der Waals surface area (Å²) in [5, 5.41) is 6.26. The number of nitrogens with zero attached hydrogens (tertiary/aromatic N) is 2. The minimum atomic E-state index is -0.207. The van der Waals surface area contributed by atoms with Crippen molar-refractivity contribution in [3.63, 3.8) is 0 Å². The SMILES string of the molecule is CCCCNc1nccc(C(=O)Nc2c(C(C)C)cccc2C(C)C)n1. The van der Waals surface area contributed by atoms with Crippen LogP contribution in [0.25, 0.3) is 0 Å². The van der Waals surface area contributed by atoms with E-state index in [0.717, 1.165) is 36.2 Å². The van der Waals surface area contributed by atoms with E-state index in [0.29, 0.717) is 23.5 Å². The van der Waals surface area contributed by atoms with E-state index in [9.17, 15) is 4.79 Å². The van der Waals surface area contributed by atoms with Gasteiger partial charge in [0.15, 0.2) is 0 Å². The second-order valence-electron chi connectivity index (χ2n) is 7.12. The predicted molar refractivity (Wildman–Crippen MR) is 108 cm³/mol. The van der Waals surface area contributed by atoms with Crippen molar-refractivity contribution in [1.82, 2.24) is 9.97 Å². The lowest BCUT2D eigenvalue weighted by molar-refractivity contribution is 0.102. The van der Waals surface area contributed by atoms with E-state index in [1.165, 1.54) is 0 Å². The molecule has 0 fully saturated rings. The molecule has 0 bridgehead atoms. The molecule has 2 rings (SSSR count). The number of unbranched alkanes of at least 4 members (excludes halogenated alkanes) is 1. The Bertz CT molecular complexity index is 714. The van der Waals surface area contributed by atoms with Gasteiger partial charge in [0.2, 0.25) is 5.95 Å². The molecule has 0 aliphatic heterocycles. The Balaban J connectivity index is 2.26. The van der Waals surface area contributed by atoms with Crippen LogP contribution in [-0.2, 0) is 0 Å². The van der Waals surface area contributed by atoms with Crippen LogP contribution in [0.15, 0.2) is 30.5 Å². The zero-order valence-electron chi connectivity index (χ0n) is 16.5. The number of nitrogens with one attached hydrogen (secondary N) is 2. The number of benzene rings is 1. The third-order valence-corrected chi connectivity index (χ3v) is 4.31. The molecule has 0 saturated carbocycles. The Labute approximate surface area is 156 Å². The number of hydrogen-bond donors (Lipinski definition) is 2. The molecule has 0 aliphatic carbocycles. The Morgan fingerprint density at radius 2 is 1.73 bits per heavy atom. The molecule has 2 aromatic rings. The molecule has 0 spiro atoms. The van der Waals surface area contributed by atoms with Gasteiger partial charge in [0.25, 0.3) is 5.91 Å². The van der Waals surface area contributed by atoms with E-state index in [1.807, 2.05) is 0 Å². The molecule has 26 heavy (non-hydrogen) atoms. The van der Waals surface area contributed by atoms with Gasteiger partial charge in [-0.25, -0.2) is 9.97 Å². The summed E-state index contributed by atoms with van der Waals surface area (Å²) in [7, 11) is 0. The molecule has 140 valence electrons. The third-order valence-electron chi connectivity index (χ3n) is 4.31. The normalized spacial score (nSPS) is 11.0. The first kappa shape index (κ1) is 19.9. The van der Waals surface area contributed by atoms with Crippen LogP contribution in [0.2, 0.25) is 0 Å². The monoisotopic (exact) mass is 354 g/mol. The molecular weight excluding hydrogens is 324 g/mol. The van der Waals surface area contributed by atoms with Crippen LogP contribution in [0.4, 0.5) is 11.6 Å². The lowest BCUT2D eigenvalue weighted by Crippen LogP contribution is -2.18. The number of carbonyl (C=O) groups excluding carboxylic acids is 1. The van der Waals surface area contributed by atoms with Crippen molar-refractivity contribution in [2.75, 3.05) is 17.2 Å². The molecule has 5 heteroatoms. The Hall–Kier alpha value is -2.43. The summed E-state index contributed by atoms with van der Waals surface area (Å²) >= 11 is 0. The number of aromatic nitrogens is 2. The topological polar surface area (TPSA) is 66.9 Å². The highest BCUT2D eigenvalue weighted by Crippen LogP contribution is 2.32. The van der Waals surface area contributed by atoms with Gasteiger partial charge in [-0.05, 0) is 35.4 Å². The molecule has 0 atom stereocenters. The van der Waals surface area contributed by atoms with Crippen molar-refractivity contribution in [3.05, 3.63) is 47.3 Å². The van der Waals surface area contributed by atoms with E-state index >= 15 is 0 Å². The number of rotatable bonds is 8. The minimum absolute atomic E-state index is 0.207. The molecule has 0 aliphatic rings. The number of anilines is 2. The van der Waals surface area contributed by atoms with E-state index < -0.39 is 0 Å². The highest BCUT2D eigenvalue weighted by Gasteiger charge is 2.17. The smallest absolute Gasteiger partial charge is 0.274 e. The maximum atomic E-state index is 12.8. The zero-order valence-corrected chi connectivity index (χ0v) is 16.5. The number of carbonyl (C=O) groups is 1. The average Bonchev–Trinajstić information content (AvgIpc) is 2.62. The first-order chi connectivity index (χ1) is 12.4. The molecule has 0 saturated heterocycles. The summed E-state index contributed by atoms with van der Waals surface area (Å²) in [6.45, 7) is 11.5. The van der Waals surface area contributed by atoms with Crippen molar-refractivity contribution in [2.24, 2.45) is 0 Å². The van der Waals surface area contributed by atoms with Crippen LogP contribution in [0.3, 0.4) is 0 Å². The highest BCUT2D eigenvalue weighted by molar-refractivity contribution is 6.04. The standard InChI is InChI=1S/C21H30N4O/c1-6-7-12-22-21-23-13-11-18(24-21)20(26)25-19-16(14(2)3)9-8-10-17(19)15(4)5/h8-11,13-15H,6-7,12H2,1-5H3,(H,25,26)(H,22,23,24). The Morgan fingerprint density at radius 3 is 2.31 bits per heavy atom. The molecule has 1 aromatic carbocycles. The number of para-hydroxylation sites is 1. The molecular formula is C21H30N4O. The van der Waals surface area contributed by atoms with Crippen molar-refractivity contribution < 1.29 is 4.79 Å². The fourth-order valence-corrected chi connectivity index (χ4v) is 2.82. The van der Waals surface area contributed by atoms with Crippen molar-refractivity contribution in [2.45, 2.75) is 59.3 Å². The predicted octanol–water partition coefficient (Wildman–Crippen LogP) is 5.19. The quantitative estimate of drug-likeness (QED) is 0.640. The largest absolute Gasteiger partial charge is 0.354 e. The van der Waals surface area contributed by atoms with Gasteiger partial charge in [-0.1, -0.05) is 59.2 Å². The second kappa shape index (κ2) is 9.32. The summed E-state index contributed by atoms with van der Waals surface area (Å²) < 4.78 is 0. The molecule has 1 aromatic heterocycles. The Morgan fingerprint density at radius 1 is 1.08 bits per heavy atom. The molecule has 1 heterocycles. The van der Waals surface area contributed by atoms with E-state index in [4.69, 9.17) is 0 Å². The van der Waals surface area contributed by atoms with Crippen LogP contribution in [0.5, 0.6) is 0 Å². The zero-order chi connectivity index (χ0) is 19.1. The molecule has 0 radical (unpaired) electrons. The van der Waals surface area contributed by atoms with Gasteiger partial charge in [-0.3, -0.25) is 4.79 Å². The first-order valence-corrected chi connectivity index (χ1v) is 9.45. The number of amides is 1. The van der Waals surface area contributed by atoms with Crippen molar-refractivity contribution in [3.8, 4) is 0 Å². The van der Waals surface area contributed by atoms with Gasteiger partial charge in [-0.2, -0.15) is 0 Å². The second-order valence-corrected chi connectivity index (χ2v) is 7.12. The van der Waals surface area contributed by atoms with Gasteiger partial charge in [0.05, 0.1) is 0 Å². The van der Waals surface area contributed by atoms with Gasteiger partial charge in [0.1, 0.15) is 5.69 Å². The first-order valence-electron chi connectivity index (χ1n) is 9.45. The number of hydrogen-bond acceptors (Lipinski definition) is 4. The van der Waals surface area contributed by atoms with Crippen LogP contribution in [0, 0.1) is 0 Å². The van der Waals surface area contributed by atoms with Gasteiger partial charge in [0, 0.05) is 18.4 Å². The maximum absolute atomic E-state index is 12.8. The fourth-order valence-electron chi connectivity index (χ4n) is 2.82. The summed E-state index contributed by atoms with van der Waals surface area (Å²) in [6.07, 6.45) is 3.75. The van der Waals surface area contributed by atoms with Crippen LogP contribution in [-0.4, -0.2) is 22.4 Å². The molecule has 0 unspecified atom stereocenters. The minimum Gasteiger partial charge on any atom is -0.354 e. The fraction of sp³-hybridized carbons (Fsp3) is 0.476. The third kappa shape index (κ3) is 5.04. The Kier molecular flexibility index (Phi) is 7.13. The average molecular weight is 354 g/mol. The summed E-state index contributed by atoms with van der Waals surface area (Å²) in [5.74, 6) is 0.926. The van der Waals surface area contributed by atoms with E-state index in [1.54, 1.807) is 12.3 Å². The van der Waals surface area contributed by atoms with Crippen molar-refractivity contribution in [1.29, 1.82) is 0 Å². The van der Waals surface area contributed by atoms with E-state index in [-0.39, 0.29) is 5.91 Å².